The summed E-state index contributed by atoms with van der Waals surface area (Å²) in [5, 5.41) is 4.05. The molecule has 0 aromatic heterocycles. The molecule has 0 unspecified atom stereocenters. The Morgan fingerprint density at radius 1 is 0.571 bits per heavy atom. The highest BCUT2D eigenvalue weighted by Crippen LogP contribution is 2.33. The first kappa shape index (κ1) is 18.3. The van der Waals surface area contributed by atoms with Crippen molar-refractivity contribution in [3.05, 3.63) is 126 Å². The molecule has 0 spiro atoms. The van der Waals surface area contributed by atoms with Crippen LogP contribution in [0.15, 0.2) is 120 Å². The van der Waals surface area contributed by atoms with Gasteiger partial charge in [-0.25, -0.2) is 0 Å². The Balaban J connectivity index is 1.71. The third kappa shape index (κ3) is 4.44. The number of aliphatic imine (C=N–C) groups is 1. The van der Waals surface area contributed by atoms with Crippen molar-refractivity contribution in [2.24, 2.45) is 4.99 Å². The van der Waals surface area contributed by atoms with Crippen LogP contribution in [-0.4, -0.2) is 6.21 Å². The first-order chi connectivity index (χ1) is 13.9. The maximum Gasteiger partial charge on any atom is 0.0639 e. The molecule has 0 heterocycles. The maximum atomic E-state index is 4.73. The predicted molar refractivity (Wildman–Crippen MR) is 123 cm³/mol. The van der Waals surface area contributed by atoms with Gasteiger partial charge in [0.15, 0.2) is 0 Å². The second-order valence-corrected chi connectivity index (χ2v) is 8.71. The molecule has 0 radical (unpaired) electrons. The second-order valence-electron chi connectivity index (χ2n) is 6.52. The number of hydrogen-bond acceptors (Lipinski definition) is 1. The van der Waals surface area contributed by atoms with Crippen LogP contribution < -0.4 is 15.9 Å². The predicted octanol–water partition coefficient (Wildman–Crippen LogP) is 5.06. The van der Waals surface area contributed by atoms with E-state index >= 15 is 0 Å². The van der Waals surface area contributed by atoms with Crippen molar-refractivity contribution in [3.63, 3.8) is 0 Å². The standard InChI is InChI=1S/C26H22NP/c1-4-12-22(13-5-1)20-27-21-23-14-10-11-19-26(23)28(24-15-6-2-7-16-24)25-17-8-3-9-18-25/h1-19,21H,20H2/b27-21+. The molecule has 0 N–H and O–H groups in total. The van der Waals surface area contributed by atoms with Gasteiger partial charge in [0.2, 0.25) is 0 Å². The van der Waals surface area contributed by atoms with Crippen molar-refractivity contribution < 1.29 is 0 Å². The second kappa shape index (κ2) is 9.26. The minimum atomic E-state index is -0.629. The van der Waals surface area contributed by atoms with Crippen LogP contribution in [0, 0.1) is 0 Å². The van der Waals surface area contributed by atoms with Crippen LogP contribution in [0.5, 0.6) is 0 Å². The van der Waals surface area contributed by atoms with E-state index in [2.05, 4.69) is 109 Å². The molecular weight excluding hydrogens is 357 g/mol. The summed E-state index contributed by atoms with van der Waals surface area (Å²) in [6, 6.07) is 40.6. The van der Waals surface area contributed by atoms with Gasteiger partial charge in [0, 0.05) is 11.8 Å². The van der Waals surface area contributed by atoms with Gasteiger partial charge in [0.1, 0.15) is 0 Å². The van der Waals surface area contributed by atoms with Gasteiger partial charge in [-0.1, -0.05) is 115 Å². The highest BCUT2D eigenvalue weighted by molar-refractivity contribution is 7.80. The number of rotatable bonds is 6. The molecule has 4 aromatic carbocycles. The third-order valence-electron chi connectivity index (χ3n) is 4.55. The Bertz CT molecular complexity index is 988. The van der Waals surface area contributed by atoms with Crippen LogP contribution in [0.2, 0.25) is 0 Å². The van der Waals surface area contributed by atoms with Gasteiger partial charge in [0.25, 0.3) is 0 Å². The van der Waals surface area contributed by atoms with E-state index in [-0.39, 0.29) is 0 Å². The average Bonchev–Trinajstić information content (AvgIpc) is 2.77. The van der Waals surface area contributed by atoms with Gasteiger partial charge in [-0.15, -0.1) is 0 Å². The fraction of sp³-hybridized carbons (Fsp3) is 0.0385. The summed E-state index contributed by atoms with van der Waals surface area (Å²) in [7, 11) is -0.629. The van der Waals surface area contributed by atoms with E-state index in [1.807, 2.05) is 12.3 Å². The van der Waals surface area contributed by atoms with Crippen LogP contribution >= 0.6 is 7.92 Å². The monoisotopic (exact) mass is 379 g/mol. The zero-order chi connectivity index (χ0) is 19.0. The minimum absolute atomic E-state index is 0.629. The summed E-state index contributed by atoms with van der Waals surface area (Å²) in [5.74, 6) is 0. The lowest BCUT2D eigenvalue weighted by Gasteiger charge is -2.21. The molecule has 136 valence electrons. The van der Waals surface area contributed by atoms with Crippen LogP contribution in [0.4, 0.5) is 0 Å². The molecule has 0 saturated carbocycles. The molecule has 2 heteroatoms. The molecule has 28 heavy (non-hydrogen) atoms. The van der Waals surface area contributed by atoms with E-state index in [1.54, 1.807) is 0 Å². The van der Waals surface area contributed by atoms with E-state index < -0.39 is 7.92 Å². The zero-order valence-electron chi connectivity index (χ0n) is 15.6. The quantitative estimate of drug-likeness (QED) is 0.328. The Kier molecular flexibility index (Phi) is 6.07. The summed E-state index contributed by atoms with van der Waals surface area (Å²) < 4.78 is 0. The lowest BCUT2D eigenvalue weighted by Crippen LogP contribution is -2.23. The van der Waals surface area contributed by atoms with Crippen LogP contribution in [0.1, 0.15) is 11.1 Å². The van der Waals surface area contributed by atoms with Crippen molar-refractivity contribution in [2.75, 3.05) is 0 Å². The van der Waals surface area contributed by atoms with Crippen molar-refractivity contribution in [1.29, 1.82) is 0 Å². The first-order valence-electron chi connectivity index (χ1n) is 9.45. The summed E-state index contributed by atoms with van der Waals surface area (Å²) in [5.41, 5.74) is 2.42. The lowest BCUT2D eigenvalue weighted by atomic mass is 10.2. The van der Waals surface area contributed by atoms with Crippen molar-refractivity contribution >= 4 is 30.0 Å². The molecule has 0 aliphatic carbocycles. The topological polar surface area (TPSA) is 12.4 Å². The van der Waals surface area contributed by atoms with E-state index in [4.69, 9.17) is 4.99 Å². The molecule has 0 amide bonds. The molecule has 0 fully saturated rings. The lowest BCUT2D eigenvalue weighted by molar-refractivity contribution is 1.08. The summed E-state index contributed by atoms with van der Waals surface area (Å²) in [6.45, 7) is 0.698. The molecule has 0 bridgehead atoms. The van der Waals surface area contributed by atoms with Gasteiger partial charge in [-0.3, -0.25) is 4.99 Å². The molecular formula is C26H22NP. The van der Waals surface area contributed by atoms with Crippen LogP contribution in [-0.2, 0) is 6.54 Å². The van der Waals surface area contributed by atoms with E-state index in [1.165, 1.54) is 27.0 Å². The zero-order valence-corrected chi connectivity index (χ0v) is 16.5. The Hall–Kier alpha value is -3.02. The largest absolute Gasteiger partial charge is 0.288 e. The first-order valence-corrected chi connectivity index (χ1v) is 10.8. The third-order valence-corrected chi connectivity index (χ3v) is 7.07. The summed E-state index contributed by atoms with van der Waals surface area (Å²) in [4.78, 5) is 4.73. The van der Waals surface area contributed by atoms with Crippen molar-refractivity contribution in [3.8, 4) is 0 Å². The highest BCUT2D eigenvalue weighted by atomic mass is 31.1. The molecule has 4 aromatic rings. The Labute approximate surface area is 168 Å². The smallest absolute Gasteiger partial charge is 0.0639 e. The van der Waals surface area contributed by atoms with Crippen molar-refractivity contribution in [2.45, 2.75) is 6.54 Å². The molecule has 0 aliphatic heterocycles. The average molecular weight is 379 g/mol. The van der Waals surface area contributed by atoms with Crippen LogP contribution in [0.3, 0.4) is 0 Å². The highest BCUT2D eigenvalue weighted by Gasteiger charge is 2.18. The Morgan fingerprint density at radius 2 is 1.07 bits per heavy atom. The van der Waals surface area contributed by atoms with E-state index in [0.717, 1.165) is 0 Å². The minimum Gasteiger partial charge on any atom is -0.288 e. The molecule has 0 saturated heterocycles. The summed E-state index contributed by atoms with van der Waals surface area (Å²) in [6.07, 6.45) is 2.03. The fourth-order valence-corrected chi connectivity index (χ4v) is 5.64. The number of nitrogens with zero attached hydrogens (tertiary/aromatic N) is 1. The molecule has 0 aliphatic rings. The van der Waals surface area contributed by atoms with Gasteiger partial charge in [-0.05, 0) is 29.4 Å². The molecule has 0 atom stereocenters. The van der Waals surface area contributed by atoms with Crippen LogP contribution in [0.25, 0.3) is 0 Å². The fourth-order valence-electron chi connectivity index (χ4n) is 3.21. The Morgan fingerprint density at radius 3 is 1.68 bits per heavy atom. The van der Waals surface area contributed by atoms with E-state index in [9.17, 15) is 0 Å². The molecule has 4 rings (SSSR count). The maximum absolute atomic E-state index is 4.73. The number of benzene rings is 4. The van der Waals surface area contributed by atoms with E-state index in [0.29, 0.717) is 6.54 Å². The van der Waals surface area contributed by atoms with Crippen molar-refractivity contribution in [1.82, 2.24) is 0 Å². The van der Waals surface area contributed by atoms with Gasteiger partial charge >= 0.3 is 0 Å². The number of hydrogen-bond donors (Lipinski definition) is 0. The van der Waals surface area contributed by atoms with Gasteiger partial charge < -0.3 is 0 Å². The summed E-state index contributed by atoms with van der Waals surface area (Å²) >= 11 is 0. The van der Waals surface area contributed by atoms with Gasteiger partial charge in [0.05, 0.1) is 6.54 Å². The SMILES string of the molecule is C(=N\Cc1ccccc1)/c1ccccc1P(c1ccccc1)c1ccccc1. The molecule has 1 nitrogen and oxygen atoms in total. The van der Waals surface area contributed by atoms with Gasteiger partial charge in [-0.2, -0.15) is 0 Å². The normalized spacial score (nSPS) is 11.2.